The smallest absolute Gasteiger partial charge is 0.154 e. The Labute approximate surface area is 106 Å². The standard InChI is InChI=1S/C13H17ClFNO/c1-3-8(2)13(16)12(17)6-9-4-5-10(15)7-11(9)14/h4-5,7-8,13H,3,6,16H2,1-2H3. The fourth-order valence-corrected chi connectivity index (χ4v) is 1.78. The average molecular weight is 258 g/mol. The van der Waals surface area contributed by atoms with Crippen molar-refractivity contribution in [1.82, 2.24) is 0 Å². The fourth-order valence-electron chi connectivity index (χ4n) is 1.54. The number of rotatable bonds is 5. The van der Waals surface area contributed by atoms with Crippen LogP contribution < -0.4 is 5.73 Å². The van der Waals surface area contributed by atoms with Gasteiger partial charge in [-0.1, -0.05) is 37.9 Å². The Morgan fingerprint density at radius 1 is 1.53 bits per heavy atom. The monoisotopic (exact) mass is 257 g/mol. The molecule has 1 rings (SSSR count). The van der Waals surface area contributed by atoms with Crippen molar-refractivity contribution in [3.63, 3.8) is 0 Å². The molecule has 2 unspecified atom stereocenters. The molecule has 0 aliphatic heterocycles. The van der Waals surface area contributed by atoms with E-state index in [1.807, 2.05) is 13.8 Å². The molecule has 0 spiro atoms. The number of Topliss-reactive ketones (excluding diaryl/α,β-unsaturated/α-hetero) is 1. The molecule has 17 heavy (non-hydrogen) atoms. The normalized spacial score (nSPS) is 14.4. The lowest BCUT2D eigenvalue weighted by Gasteiger charge is -2.17. The summed E-state index contributed by atoms with van der Waals surface area (Å²) in [7, 11) is 0. The summed E-state index contributed by atoms with van der Waals surface area (Å²) in [6.45, 7) is 3.93. The highest BCUT2D eigenvalue weighted by Crippen LogP contribution is 2.19. The number of carbonyl (C=O) groups is 1. The number of halogens is 2. The molecule has 0 amide bonds. The van der Waals surface area contributed by atoms with E-state index >= 15 is 0 Å². The van der Waals surface area contributed by atoms with Crippen molar-refractivity contribution in [2.75, 3.05) is 0 Å². The third-order valence-electron chi connectivity index (χ3n) is 3.01. The van der Waals surface area contributed by atoms with Crippen LogP contribution in [0.25, 0.3) is 0 Å². The van der Waals surface area contributed by atoms with E-state index in [0.29, 0.717) is 5.56 Å². The first-order valence-electron chi connectivity index (χ1n) is 5.68. The van der Waals surface area contributed by atoms with Crippen LogP contribution in [0, 0.1) is 11.7 Å². The zero-order valence-electron chi connectivity index (χ0n) is 10.0. The summed E-state index contributed by atoms with van der Waals surface area (Å²) in [6, 6.07) is 3.54. The Bertz CT molecular complexity index is 408. The van der Waals surface area contributed by atoms with Crippen LogP contribution in [0.1, 0.15) is 25.8 Å². The molecular weight excluding hydrogens is 241 g/mol. The first kappa shape index (κ1) is 14.1. The molecule has 1 aromatic carbocycles. The summed E-state index contributed by atoms with van der Waals surface area (Å²) in [5.41, 5.74) is 6.45. The van der Waals surface area contributed by atoms with Crippen LogP contribution in [0.3, 0.4) is 0 Å². The van der Waals surface area contributed by atoms with E-state index in [9.17, 15) is 9.18 Å². The molecule has 0 radical (unpaired) electrons. The number of ketones is 1. The Morgan fingerprint density at radius 3 is 2.71 bits per heavy atom. The van der Waals surface area contributed by atoms with Gasteiger partial charge in [0.15, 0.2) is 5.78 Å². The highest BCUT2D eigenvalue weighted by Gasteiger charge is 2.20. The lowest BCUT2D eigenvalue weighted by molar-refractivity contribution is -0.120. The molecule has 2 nitrogen and oxygen atoms in total. The molecule has 0 saturated heterocycles. The van der Waals surface area contributed by atoms with Crippen LogP contribution >= 0.6 is 11.6 Å². The van der Waals surface area contributed by atoms with Gasteiger partial charge in [-0.25, -0.2) is 4.39 Å². The van der Waals surface area contributed by atoms with Gasteiger partial charge in [0, 0.05) is 11.4 Å². The molecule has 94 valence electrons. The van der Waals surface area contributed by atoms with Crippen LogP contribution in [0.5, 0.6) is 0 Å². The van der Waals surface area contributed by atoms with Crippen molar-refractivity contribution in [3.05, 3.63) is 34.6 Å². The summed E-state index contributed by atoms with van der Waals surface area (Å²) in [5.74, 6) is -0.327. The van der Waals surface area contributed by atoms with Crippen molar-refractivity contribution >= 4 is 17.4 Å². The molecule has 1 aromatic rings. The zero-order valence-corrected chi connectivity index (χ0v) is 10.8. The summed E-state index contributed by atoms with van der Waals surface area (Å²) in [5, 5.41) is 0.273. The van der Waals surface area contributed by atoms with Gasteiger partial charge in [0.25, 0.3) is 0 Å². The second-order valence-electron chi connectivity index (χ2n) is 4.29. The predicted octanol–water partition coefficient (Wildman–Crippen LogP) is 2.96. The first-order chi connectivity index (χ1) is 7.95. The van der Waals surface area contributed by atoms with Crippen molar-refractivity contribution in [2.45, 2.75) is 32.7 Å². The number of carbonyl (C=O) groups excluding carboxylic acids is 1. The van der Waals surface area contributed by atoms with Crippen LogP contribution in [-0.4, -0.2) is 11.8 Å². The minimum absolute atomic E-state index is 0.0622. The van der Waals surface area contributed by atoms with Crippen LogP contribution in [0.15, 0.2) is 18.2 Å². The van der Waals surface area contributed by atoms with Gasteiger partial charge in [0.1, 0.15) is 5.82 Å². The minimum Gasteiger partial charge on any atom is -0.321 e. The van der Waals surface area contributed by atoms with Crippen molar-refractivity contribution in [1.29, 1.82) is 0 Å². The molecule has 0 aromatic heterocycles. The maximum Gasteiger partial charge on any atom is 0.154 e. The Balaban J connectivity index is 2.74. The summed E-state index contributed by atoms with van der Waals surface area (Å²) < 4.78 is 12.8. The second kappa shape index (κ2) is 6.12. The molecule has 2 atom stereocenters. The molecule has 0 aliphatic carbocycles. The van der Waals surface area contributed by atoms with Crippen LogP contribution in [0.4, 0.5) is 4.39 Å². The van der Waals surface area contributed by atoms with Crippen LogP contribution in [-0.2, 0) is 11.2 Å². The minimum atomic E-state index is -0.485. The SMILES string of the molecule is CCC(C)C(N)C(=O)Cc1ccc(F)cc1Cl. The molecular formula is C13H17ClFNO. The largest absolute Gasteiger partial charge is 0.321 e. The van der Waals surface area contributed by atoms with Gasteiger partial charge in [0.2, 0.25) is 0 Å². The maximum absolute atomic E-state index is 12.8. The van der Waals surface area contributed by atoms with Gasteiger partial charge in [0.05, 0.1) is 6.04 Å². The molecule has 0 saturated carbocycles. The third kappa shape index (κ3) is 3.79. The Hall–Kier alpha value is -0.930. The van der Waals surface area contributed by atoms with Gasteiger partial charge in [-0.3, -0.25) is 4.79 Å². The number of benzene rings is 1. The van der Waals surface area contributed by atoms with Crippen molar-refractivity contribution < 1.29 is 9.18 Å². The number of hydrogen-bond donors (Lipinski definition) is 1. The average Bonchev–Trinajstić information content (AvgIpc) is 2.30. The molecule has 4 heteroatoms. The van der Waals surface area contributed by atoms with E-state index in [-0.39, 0.29) is 23.1 Å². The predicted molar refractivity (Wildman–Crippen MR) is 67.6 cm³/mol. The van der Waals surface area contributed by atoms with Gasteiger partial charge in [-0.05, 0) is 23.6 Å². The highest BCUT2D eigenvalue weighted by molar-refractivity contribution is 6.31. The van der Waals surface area contributed by atoms with E-state index in [0.717, 1.165) is 6.42 Å². The lowest BCUT2D eigenvalue weighted by atomic mass is 9.93. The van der Waals surface area contributed by atoms with E-state index < -0.39 is 11.9 Å². The fraction of sp³-hybridized carbons (Fsp3) is 0.462. The van der Waals surface area contributed by atoms with E-state index in [4.69, 9.17) is 17.3 Å². The second-order valence-corrected chi connectivity index (χ2v) is 4.70. The van der Waals surface area contributed by atoms with Gasteiger partial charge in [-0.15, -0.1) is 0 Å². The Morgan fingerprint density at radius 2 is 2.18 bits per heavy atom. The topological polar surface area (TPSA) is 43.1 Å². The van der Waals surface area contributed by atoms with E-state index in [1.54, 1.807) is 0 Å². The molecule has 2 N–H and O–H groups in total. The number of nitrogens with two attached hydrogens (primary N) is 1. The first-order valence-corrected chi connectivity index (χ1v) is 6.05. The van der Waals surface area contributed by atoms with Gasteiger partial charge < -0.3 is 5.73 Å². The van der Waals surface area contributed by atoms with Crippen LogP contribution in [0.2, 0.25) is 5.02 Å². The summed E-state index contributed by atoms with van der Waals surface area (Å²) in [6.07, 6.45) is 1.01. The Kier molecular flexibility index (Phi) is 5.09. The number of hydrogen-bond acceptors (Lipinski definition) is 2. The molecule has 0 heterocycles. The van der Waals surface area contributed by atoms with Gasteiger partial charge >= 0.3 is 0 Å². The zero-order chi connectivity index (χ0) is 13.0. The molecule has 0 fully saturated rings. The third-order valence-corrected chi connectivity index (χ3v) is 3.36. The lowest BCUT2D eigenvalue weighted by Crippen LogP contribution is -2.37. The molecule has 0 bridgehead atoms. The van der Waals surface area contributed by atoms with Gasteiger partial charge in [-0.2, -0.15) is 0 Å². The summed E-state index contributed by atoms with van der Waals surface area (Å²) >= 11 is 5.86. The molecule has 0 aliphatic rings. The van der Waals surface area contributed by atoms with Crippen molar-refractivity contribution in [3.8, 4) is 0 Å². The highest BCUT2D eigenvalue weighted by atomic mass is 35.5. The van der Waals surface area contributed by atoms with E-state index in [1.165, 1.54) is 18.2 Å². The van der Waals surface area contributed by atoms with E-state index in [2.05, 4.69) is 0 Å². The quantitative estimate of drug-likeness (QED) is 0.881. The maximum atomic E-state index is 12.8. The van der Waals surface area contributed by atoms with Crippen molar-refractivity contribution in [2.24, 2.45) is 11.7 Å². The summed E-state index contributed by atoms with van der Waals surface area (Å²) in [4.78, 5) is 11.9.